The van der Waals surface area contributed by atoms with Gasteiger partial charge >= 0.3 is 0 Å². The van der Waals surface area contributed by atoms with Crippen LogP contribution in [0.1, 0.15) is 25.3 Å². The molecule has 1 aromatic rings. The van der Waals surface area contributed by atoms with Crippen molar-refractivity contribution in [3.63, 3.8) is 0 Å². The maximum absolute atomic E-state index is 5.36. The molecule has 2 heteroatoms. The number of benzene rings is 1. The molecule has 2 rings (SSSR count). The Hall–Kier alpha value is -1.18. The Balaban J connectivity index is 2.11. The van der Waals surface area contributed by atoms with Gasteiger partial charge in [-0.15, -0.1) is 0 Å². The summed E-state index contributed by atoms with van der Waals surface area (Å²) in [6.07, 6.45) is 2.73. The SMILES string of the molecule is COc1cc(C)ccc1NC(C)C1CC1. The molecule has 1 aromatic carbocycles. The van der Waals surface area contributed by atoms with Crippen LogP contribution in [-0.4, -0.2) is 13.2 Å². The Bertz CT molecular complexity index is 344. The third-order valence-electron chi connectivity index (χ3n) is 3.07. The molecule has 15 heavy (non-hydrogen) atoms. The molecule has 0 amide bonds. The highest BCUT2D eigenvalue weighted by molar-refractivity contribution is 5.58. The lowest BCUT2D eigenvalue weighted by Gasteiger charge is -2.17. The molecule has 1 unspecified atom stereocenters. The van der Waals surface area contributed by atoms with Crippen molar-refractivity contribution in [2.45, 2.75) is 32.7 Å². The molecule has 1 aliphatic carbocycles. The van der Waals surface area contributed by atoms with E-state index in [1.165, 1.54) is 18.4 Å². The first-order valence-electron chi connectivity index (χ1n) is 5.62. The second-order valence-electron chi connectivity index (χ2n) is 4.47. The Kier molecular flexibility index (Phi) is 2.85. The number of hydrogen-bond donors (Lipinski definition) is 1. The van der Waals surface area contributed by atoms with Gasteiger partial charge in [-0.25, -0.2) is 0 Å². The van der Waals surface area contributed by atoms with Crippen LogP contribution in [0.4, 0.5) is 5.69 Å². The molecule has 0 saturated heterocycles. The fourth-order valence-corrected chi connectivity index (χ4v) is 1.88. The van der Waals surface area contributed by atoms with Crippen molar-refractivity contribution >= 4 is 5.69 Å². The standard InChI is InChI=1S/C13H19NO/c1-9-4-7-12(13(8-9)15-3)14-10(2)11-5-6-11/h4,7-8,10-11,14H,5-6H2,1-3H3. The third-order valence-corrected chi connectivity index (χ3v) is 3.07. The van der Waals surface area contributed by atoms with E-state index in [2.05, 4.69) is 37.4 Å². The summed E-state index contributed by atoms with van der Waals surface area (Å²) in [5.41, 5.74) is 2.35. The topological polar surface area (TPSA) is 21.3 Å². The predicted octanol–water partition coefficient (Wildman–Crippen LogP) is 3.21. The lowest BCUT2D eigenvalue weighted by atomic mass is 10.1. The molecule has 1 N–H and O–H groups in total. The van der Waals surface area contributed by atoms with E-state index in [0.29, 0.717) is 6.04 Å². The summed E-state index contributed by atoms with van der Waals surface area (Å²) in [5.74, 6) is 1.80. The first-order chi connectivity index (χ1) is 7.20. The third kappa shape index (κ3) is 2.44. The predicted molar refractivity (Wildman–Crippen MR) is 63.5 cm³/mol. The van der Waals surface area contributed by atoms with Gasteiger partial charge in [0.25, 0.3) is 0 Å². The Labute approximate surface area is 91.6 Å². The van der Waals surface area contributed by atoms with Gasteiger partial charge in [-0.1, -0.05) is 6.07 Å². The zero-order chi connectivity index (χ0) is 10.8. The molecule has 1 saturated carbocycles. The van der Waals surface area contributed by atoms with Gasteiger partial charge < -0.3 is 10.1 Å². The fraction of sp³-hybridized carbons (Fsp3) is 0.538. The highest BCUT2D eigenvalue weighted by atomic mass is 16.5. The highest BCUT2D eigenvalue weighted by Crippen LogP contribution is 2.35. The van der Waals surface area contributed by atoms with Crippen molar-refractivity contribution in [1.29, 1.82) is 0 Å². The van der Waals surface area contributed by atoms with Gasteiger partial charge in [0.15, 0.2) is 0 Å². The number of methoxy groups -OCH3 is 1. The number of aryl methyl sites for hydroxylation is 1. The highest BCUT2D eigenvalue weighted by Gasteiger charge is 2.28. The summed E-state index contributed by atoms with van der Waals surface area (Å²) in [6, 6.07) is 6.85. The first-order valence-corrected chi connectivity index (χ1v) is 5.62. The van der Waals surface area contributed by atoms with Crippen LogP contribution in [0, 0.1) is 12.8 Å². The zero-order valence-corrected chi connectivity index (χ0v) is 9.71. The molecule has 1 aliphatic rings. The smallest absolute Gasteiger partial charge is 0.142 e. The Morgan fingerprint density at radius 1 is 1.40 bits per heavy atom. The van der Waals surface area contributed by atoms with Crippen LogP contribution in [-0.2, 0) is 0 Å². The van der Waals surface area contributed by atoms with E-state index in [1.54, 1.807) is 7.11 Å². The van der Waals surface area contributed by atoms with E-state index in [4.69, 9.17) is 4.74 Å². The molecule has 0 spiro atoms. The molecule has 2 nitrogen and oxygen atoms in total. The van der Waals surface area contributed by atoms with Crippen LogP contribution in [0.25, 0.3) is 0 Å². The van der Waals surface area contributed by atoms with Crippen molar-refractivity contribution < 1.29 is 4.74 Å². The van der Waals surface area contributed by atoms with Crippen molar-refractivity contribution in [3.8, 4) is 5.75 Å². The summed E-state index contributed by atoms with van der Waals surface area (Å²) in [5, 5.41) is 3.53. The zero-order valence-electron chi connectivity index (χ0n) is 9.71. The van der Waals surface area contributed by atoms with E-state index < -0.39 is 0 Å². The molecule has 0 aromatic heterocycles. The van der Waals surface area contributed by atoms with Crippen LogP contribution >= 0.6 is 0 Å². The number of nitrogens with one attached hydrogen (secondary N) is 1. The van der Waals surface area contributed by atoms with Crippen LogP contribution in [0.3, 0.4) is 0 Å². The molecule has 1 fully saturated rings. The summed E-state index contributed by atoms with van der Waals surface area (Å²) in [7, 11) is 1.72. The maximum atomic E-state index is 5.36. The number of anilines is 1. The molecular weight excluding hydrogens is 186 g/mol. The second-order valence-corrected chi connectivity index (χ2v) is 4.47. The van der Waals surface area contributed by atoms with E-state index in [0.717, 1.165) is 17.4 Å². The first kappa shape index (κ1) is 10.3. The molecule has 0 heterocycles. The van der Waals surface area contributed by atoms with Gasteiger partial charge in [-0.2, -0.15) is 0 Å². The van der Waals surface area contributed by atoms with Crippen LogP contribution in [0.2, 0.25) is 0 Å². The minimum Gasteiger partial charge on any atom is -0.495 e. The normalized spacial score (nSPS) is 17.3. The van der Waals surface area contributed by atoms with Gasteiger partial charge in [-0.3, -0.25) is 0 Å². The summed E-state index contributed by atoms with van der Waals surface area (Å²) in [6.45, 7) is 4.33. The number of rotatable bonds is 4. The molecule has 0 aliphatic heterocycles. The van der Waals surface area contributed by atoms with Gasteiger partial charge in [0, 0.05) is 6.04 Å². The Morgan fingerprint density at radius 2 is 2.13 bits per heavy atom. The van der Waals surface area contributed by atoms with Gasteiger partial charge in [0.2, 0.25) is 0 Å². The summed E-state index contributed by atoms with van der Waals surface area (Å²) < 4.78 is 5.36. The van der Waals surface area contributed by atoms with E-state index >= 15 is 0 Å². The van der Waals surface area contributed by atoms with E-state index in [1.807, 2.05) is 0 Å². The van der Waals surface area contributed by atoms with Crippen molar-refractivity contribution in [2.24, 2.45) is 5.92 Å². The quantitative estimate of drug-likeness (QED) is 0.815. The van der Waals surface area contributed by atoms with Gasteiger partial charge in [0.05, 0.1) is 12.8 Å². The monoisotopic (exact) mass is 205 g/mol. The second kappa shape index (κ2) is 4.13. The Morgan fingerprint density at radius 3 is 2.73 bits per heavy atom. The van der Waals surface area contributed by atoms with Crippen LogP contribution < -0.4 is 10.1 Å². The molecule has 1 atom stereocenters. The lowest BCUT2D eigenvalue weighted by molar-refractivity contribution is 0.415. The number of ether oxygens (including phenoxy) is 1. The van der Waals surface area contributed by atoms with Crippen molar-refractivity contribution in [1.82, 2.24) is 0 Å². The molecule has 0 radical (unpaired) electrons. The molecular formula is C13H19NO. The lowest BCUT2D eigenvalue weighted by Crippen LogP contribution is -2.17. The van der Waals surface area contributed by atoms with Gasteiger partial charge in [-0.05, 0) is 50.3 Å². The maximum Gasteiger partial charge on any atom is 0.142 e. The van der Waals surface area contributed by atoms with Crippen molar-refractivity contribution in [3.05, 3.63) is 23.8 Å². The van der Waals surface area contributed by atoms with Gasteiger partial charge in [0.1, 0.15) is 5.75 Å². The minimum absolute atomic E-state index is 0.557. The fourth-order valence-electron chi connectivity index (χ4n) is 1.88. The van der Waals surface area contributed by atoms with Crippen LogP contribution in [0.5, 0.6) is 5.75 Å². The number of hydrogen-bond acceptors (Lipinski definition) is 2. The van der Waals surface area contributed by atoms with Crippen LogP contribution in [0.15, 0.2) is 18.2 Å². The summed E-state index contributed by atoms with van der Waals surface area (Å²) >= 11 is 0. The minimum atomic E-state index is 0.557. The molecule has 0 bridgehead atoms. The van der Waals surface area contributed by atoms with E-state index in [9.17, 15) is 0 Å². The largest absolute Gasteiger partial charge is 0.495 e. The average Bonchev–Trinajstić information content (AvgIpc) is 3.04. The summed E-state index contributed by atoms with van der Waals surface area (Å²) in [4.78, 5) is 0. The van der Waals surface area contributed by atoms with E-state index in [-0.39, 0.29) is 0 Å². The van der Waals surface area contributed by atoms with Crippen molar-refractivity contribution in [2.75, 3.05) is 12.4 Å². The average molecular weight is 205 g/mol. The molecule has 82 valence electrons.